The Morgan fingerprint density at radius 2 is 1.64 bits per heavy atom. The van der Waals surface area contributed by atoms with Gasteiger partial charge < -0.3 is 16.0 Å². The number of hydrogen-bond donors (Lipinski definition) is 3. The minimum absolute atomic E-state index is 0.0983. The molecule has 6 nitrogen and oxygen atoms in total. The molecule has 3 N–H and O–H groups in total. The lowest BCUT2D eigenvalue weighted by molar-refractivity contribution is -0.113. The number of nitrogens with zero attached hydrogens (tertiary/aromatic N) is 1. The number of aromatic nitrogens is 1. The van der Waals surface area contributed by atoms with Gasteiger partial charge in [-0.25, -0.2) is 14.2 Å². The highest BCUT2D eigenvalue weighted by Crippen LogP contribution is 2.31. The van der Waals surface area contributed by atoms with Crippen LogP contribution in [0.2, 0.25) is 0 Å². The molecular formula is C24H21FN4O2S2. The van der Waals surface area contributed by atoms with Crippen LogP contribution in [0.25, 0.3) is 10.2 Å². The number of urea groups is 1. The van der Waals surface area contributed by atoms with E-state index in [1.165, 1.54) is 46.9 Å². The van der Waals surface area contributed by atoms with Crippen LogP contribution in [0.15, 0.2) is 65.0 Å². The Balaban J connectivity index is 1.34. The van der Waals surface area contributed by atoms with Crippen LogP contribution in [-0.2, 0) is 4.79 Å². The fourth-order valence-corrected chi connectivity index (χ4v) is 4.95. The van der Waals surface area contributed by atoms with Crippen LogP contribution >= 0.6 is 23.1 Å². The molecular weight excluding hydrogens is 459 g/mol. The highest BCUT2D eigenvalue weighted by Gasteiger charge is 2.10. The van der Waals surface area contributed by atoms with E-state index in [1.807, 2.05) is 44.2 Å². The second-order valence-corrected chi connectivity index (χ2v) is 9.64. The van der Waals surface area contributed by atoms with Crippen LogP contribution in [-0.4, -0.2) is 22.7 Å². The molecule has 0 saturated heterocycles. The van der Waals surface area contributed by atoms with Crippen LogP contribution in [0, 0.1) is 19.7 Å². The van der Waals surface area contributed by atoms with Crippen molar-refractivity contribution in [2.45, 2.75) is 18.2 Å². The fraction of sp³-hybridized carbons (Fsp3) is 0.125. The normalized spacial score (nSPS) is 10.8. The number of rotatable bonds is 6. The first-order valence-corrected chi connectivity index (χ1v) is 11.9. The van der Waals surface area contributed by atoms with Gasteiger partial charge in [-0.15, -0.1) is 11.3 Å². The number of nitrogens with one attached hydrogen (secondary N) is 3. The molecule has 0 spiro atoms. The first-order valence-electron chi connectivity index (χ1n) is 10.1. The summed E-state index contributed by atoms with van der Waals surface area (Å²) >= 11 is 2.81. The van der Waals surface area contributed by atoms with Gasteiger partial charge >= 0.3 is 6.03 Å². The third-order valence-electron chi connectivity index (χ3n) is 4.83. The highest BCUT2D eigenvalue weighted by atomic mass is 32.2. The second kappa shape index (κ2) is 10.0. The van der Waals surface area contributed by atoms with Crippen molar-refractivity contribution in [2.75, 3.05) is 21.7 Å². The molecule has 33 heavy (non-hydrogen) atoms. The summed E-state index contributed by atoms with van der Waals surface area (Å²) in [5, 5.41) is 8.23. The van der Waals surface area contributed by atoms with Gasteiger partial charge in [0.05, 0.1) is 16.0 Å². The largest absolute Gasteiger partial charge is 0.325 e. The number of thiazole rings is 1. The van der Waals surface area contributed by atoms with Gasteiger partial charge in [-0.1, -0.05) is 23.9 Å². The molecule has 0 saturated carbocycles. The van der Waals surface area contributed by atoms with Crippen molar-refractivity contribution < 1.29 is 14.0 Å². The Bertz CT molecular complexity index is 1340. The standard InChI is InChI=1S/C24H21FN4O2S2/c1-14-6-7-18(10-15(14)2)26-22(30)13-32-24-29-20-9-8-19(12-21(20)33-24)28-23(31)27-17-5-3-4-16(25)11-17/h3-12H,13H2,1-2H3,(H,26,30)(H2,27,28,31). The summed E-state index contributed by atoms with van der Waals surface area (Å²) in [7, 11) is 0. The lowest BCUT2D eigenvalue weighted by Gasteiger charge is -2.07. The van der Waals surface area contributed by atoms with Gasteiger partial charge in [-0.2, -0.15) is 0 Å². The highest BCUT2D eigenvalue weighted by molar-refractivity contribution is 8.01. The zero-order valence-electron chi connectivity index (χ0n) is 17.9. The van der Waals surface area contributed by atoms with Crippen LogP contribution < -0.4 is 16.0 Å². The van der Waals surface area contributed by atoms with Gasteiger partial charge in [-0.3, -0.25) is 4.79 Å². The number of amides is 3. The van der Waals surface area contributed by atoms with E-state index in [0.717, 1.165) is 25.8 Å². The number of anilines is 3. The number of benzene rings is 3. The van der Waals surface area contributed by atoms with E-state index in [-0.39, 0.29) is 11.7 Å². The van der Waals surface area contributed by atoms with Crippen molar-refractivity contribution in [2.24, 2.45) is 0 Å². The van der Waals surface area contributed by atoms with Crippen molar-refractivity contribution in [3.63, 3.8) is 0 Å². The molecule has 0 bridgehead atoms. The minimum Gasteiger partial charge on any atom is -0.325 e. The molecule has 0 fully saturated rings. The number of thioether (sulfide) groups is 1. The summed E-state index contributed by atoms with van der Waals surface area (Å²) in [6.07, 6.45) is 0. The maximum absolute atomic E-state index is 13.3. The van der Waals surface area contributed by atoms with Crippen molar-refractivity contribution in [3.8, 4) is 0 Å². The Morgan fingerprint density at radius 3 is 2.39 bits per heavy atom. The van der Waals surface area contributed by atoms with Gasteiger partial charge in [-0.05, 0) is 73.5 Å². The second-order valence-electron chi connectivity index (χ2n) is 7.39. The first kappa shape index (κ1) is 22.8. The third-order valence-corrected chi connectivity index (χ3v) is 6.99. The van der Waals surface area contributed by atoms with E-state index < -0.39 is 11.8 Å². The molecule has 4 aromatic rings. The fourth-order valence-electron chi connectivity index (χ4n) is 3.05. The van der Waals surface area contributed by atoms with E-state index >= 15 is 0 Å². The Hall–Kier alpha value is -3.43. The van der Waals surface area contributed by atoms with Crippen LogP contribution in [0.5, 0.6) is 0 Å². The Kier molecular flexibility index (Phi) is 6.90. The van der Waals surface area contributed by atoms with Crippen molar-refractivity contribution in [1.29, 1.82) is 0 Å². The van der Waals surface area contributed by atoms with E-state index in [4.69, 9.17) is 0 Å². The molecule has 1 aromatic heterocycles. The molecule has 3 amide bonds. The zero-order valence-corrected chi connectivity index (χ0v) is 19.6. The predicted molar refractivity (Wildman–Crippen MR) is 134 cm³/mol. The molecule has 4 rings (SSSR count). The van der Waals surface area contributed by atoms with Crippen LogP contribution in [0.1, 0.15) is 11.1 Å². The maximum Gasteiger partial charge on any atom is 0.323 e. The van der Waals surface area contributed by atoms with E-state index in [0.29, 0.717) is 11.4 Å². The molecule has 0 aliphatic heterocycles. The molecule has 0 aliphatic rings. The summed E-state index contributed by atoms with van der Waals surface area (Å²) in [4.78, 5) is 29.1. The maximum atomic E-state index is 13.3. The van der Waals surface area contributed by atoms with E-state index in [9.17, 15) is 14.0 Å². The van der Waals surface area contributed by atoms with Gasteiger partial charge in [0.1, 0.15) is 5.82 Å². The number of fused-ring (bicyclic) bond motifs is 1. The summed E-state index contributed by atoms with van der Waals surface area (Å²) in [6, 6.07) is 16.4. The molecule has 168 valence electrons. The molecule has 0 unspecified atom stereocenters. The molecule has 3 aromatic carbocycles. The monoisotopic (exact) mass is 480 g/mol. The average Bonchev–Trinajstić information content (AvgIpc) is 3.17. The minimum atomic E-state index is -0.470. The van der Waals surface area contributed by atoms with Crippen molar-refractivity contribution in [1.82, 2.24) is 4.98 Å². The smallest absolute Gasteiger partial charge is 0.323 e. The van der Waals surface area contributed by atoms with Crippen LogP contribution in [0.3, 0.4) is 0 Å². The number of aryl methyl sites for hydroxylation is 2. The average molecular weight is 481 g/mol. The van der Waals surface area contributed by atoms with Crippen molar-refractivity contribution in [3.05, 3.63) is 77.6 Å². The predicted octanol–water partition coefficient (Wildman–Crippen LogP) is 6.43. The molecule has 0 atom stereocenters. The van der Waals surface area contributed by atoms with Gasteiger partial charge in [0.2, 0.25) is 5.91 Å². The quantitative estimate of drug-likeness (QED) is 0.278. The van der Waals surface area contributed by atoms with E-state index in [2.05, 4.69) is 20.9 Å². The van der Waals surface area contributed by atoms with Gasteiger partial charge in [0.15, 0.2) is 4.34 Å². The number of carbonyl (C=O) groups is 2. The molecule has 9 heteroatoms. The summed E-state index contributed by atoms with van der Waals surface area (Å²) < 4.78 is 14.9. The first-order chi connectivity index (χ1) is 15.9. The summed E-state index contributed by atoms with van der Waals surface area (Å²) in [5.41, 5.74) is 4.82. The topological polar surface area (TPSA) is 83.1 Å². The number of hydrogen-bond acceptors (Lipinski definition) is 5. The SMILES string of the molecule is Cc1ccc(NC(=O)CSc2nc3ccc(NC(=O)Nc4cccc(F)c4)cc3s2)cc1C. The van der Waals surface area contributed by atoms with E-state index in [1.54, 1.807) is 12.1 Å². The molecule has 0 aliphatic carbocycles. The van der Waals surface area contributed by atoms with Gasteiger partial charge in [0, 0.05) is 17.1 Å². The molecule has 0 radical (unpaired) electrons. The summed E-state index contributed by atoms with van der Waals surface area (Å²) in [6.45, 7) is 4.04. The third kappa shape index (κ3) is 6.09. The summed E-state index contributed by atoms with van der Waals surface area (Å²) in [5.74, 6) is -0.279. The Labute approximate surface area is 198 Å². The van der Waals surface area contributed by atoms with Crippen molar-refractivity contribution >= 4 is 62.3 Å². The molecule has 1 heterocycles. The van der Waals surface area contributed by atoms with Crippen LogP contribution in [0.4, 0.5) is 26.2 Å². The number of carbonyl (C=O) groups excluding carboxylic acids is 2. The lowest BCUT2D eigenvalue weighted by atomic mass is 10.1. The number of halogens is 1. The lowest BCUT2D eigenvalue weighted by Crippen LogP contribution is -2.19. The zero-order chi connectivity index (χ0) is 23.4. The Morgan fingerprint density at radius 1 is 0.909 bits per heavy atom. The van der Waals surface area contributed by atoms with Gasteiger partial charge in [0.25, 0.3) is 0 Å².